The molecule has 1 fully saturated rings. The van der Waals surface area contributed by atoms with Gasteiger partial charge in [0.1, 0.15) is 10.7 Å². The first kappa shape index (κ1) is 20.7. The predicted octanol–water partition coefficient (Wildman–Crippen LogP) is 4.05. The summed E-state index contributed by atoms with van der Waals surface area (Å²) in [5, 5.41) is 5.88. The molecular weight excluding hydrogens is 397 g/mol. The van der Waals surface area contributed by atoms with Crippen LogP contribution in [0.3, 0.4) is 0 Å². The monoisotopic (exact) mass is 413 g/mol. The van der Waals surface area contributed by atoms with Gasteiger partial charge in [-0.15, -0.1) is 47.5 Å². The number of halogens is 3. The summed E-state index contributed by atoms with van der Waals surface area (Å²) in [4.78, 5) is 19.9. The van der Waals surface area contributed by atoms with Crippen molar-refractivity contribution in [2.45, 2.75) is 6.42 Å². The Labute approximate surface area is 161 Å². The number of thiophene rings is 1. The SMILES string of the molecule is CNCC1CCN(C(=O)c2csc(-c3ccc(Cl)s3)n2)C1.Cl.Cl. The Morgan fingerprint density at radius 3 is 2.91 bits per heavy atom. The van der Waals surface area contributed by atoms with Crippen LogP contribution in [0.5, 0.6) is 0 Å². The lowest BCUT2D eigenvalue weighted by Crippen LogP contribution is -2.30. The summed E-state index contributed by atoms with van der Waals surface area (Å²) in [6.07, 6.45) is 1.06. The van der Waals surface area contributed by atoms with Gasteiger partial charge in [-0.3, -0.25) is 4.79 Å². The molecule has 0 saturated carbocycles. The van der Waals surface area contributed by atoms with Crippen molar-refractivity contribution in [3.8, 4) is 9.88 Å². The summed E-state index contributed by atoms with van der Waals surface area (Å²) in [6, 6.07) is 3.80. The highest BCUT2D eigenvalue weighted by Crippen LogP contribution is 2.33. The Hall–Kier alpha value is -0.370. The lowest BCUT2D eigenvalue weighted by atomic mass is 10.1. The van der Waals surface area contributed by atoms with E-state index in [4.69, 9.17) is 11.6 Å². The van der Waals surface area contributed by atoms with Crippen LogP contribution in [0.1, 0.15) is 16.9 Å². The maximum atomic E-state index is 12.5. The predicted molar refractivity (Wildman–Crippen MR) is 103 cm³/mol. The molecule has 2 aromatic rings. The first-order valence-corrected chi connectivity index (χ1v) is 8.90. The number of carbonyl (C=O) groups is 1. The molecule has 0 spiro atoms. The van der Waals surface area contributed by atoms with Crippen LogP contribution in [0.4, 0.5) is 0 Å². The van der Waals surface area contributed by atoms with E-state index in [1.807, 2.05) is 29.5 Å². The van der Waals surface area contributed by atoms with Gasteiger partial charge in [0.25, 0.3) is 5.91 Å². The number of rotatable bonds is 4. The van der Waals surface area contributed by atoms with Gasteiger partial charge in [-0.2, -0.15) is 0 Å². The molecule has 9 heteroatoms. The van der Waals surface area contributed by atoms with E-state index in [0.717, 1.165) is 40.3 Å². The van der Waals surface area contributed by atoms with Crippen LogP contribution >= 0.6 is 59.1 Å². The van der Waals surface area contributed by atoms with Gasteiger partial charge in [-0.1, -0.05) is 11.6 Å². The van der Waals surface area contributed by atoms with Gasteiger partial charge in [-0.25, -0.2) is 4.98 Å². The number of hydrogen-bond donors (Lipinski definition) is 1. The van der Waals surface area contributed by atoms with Crippen molar-refractivity contribution in [1.82, 2.24) is 15.2 Å². The average Bonchev–Trinajstić information content (AvgIpc) is 3.17. The Morgan fingerprint density at radius 2 is 2.26 bits per heavy atom. The largest absolute Gasteiger partial charge is 0.337 e. The minimum absolute atomic E-state index is 0. The molecule has 3 rings (SSSR count). The van der Waals surface area contributed by atoms with Crippen LogP contribution < -0.4 is 5.32 Å². The van der Waals surface area contributed by atoms with Crippen molar-refractivity contribution in [2.24, 2.45) is 5.92 Å². The molecule has 1 saturated heterocycles. The van der Waals surface area contributed by atoms with Crippen LogP contribution in [0.25, 0.3) is 9.88 Å². The summed E-state index contributed by atoms with van der Waals surface area (Å²) < 4.78 is 0.738. The number of amides is 1. The Kier molecular flexibility index (Phi) is 8.27. The summed E-state index contributed by atoms with van der Waals surface area (Å²) in [5.74, 6) is 0.590. The highest BCUT2D eigenvalue weighted by atomic mass is 35.5. The summed E-state index contributed by atoms with van der Waals surface area (Å²) >= 11 is 8.92. The van der Waals surface area contributed by atoms with Crippen LogP contribution in [0.2, 0.25) is 4.34 Å². The zero-order chi connectivity index (χ0) is 14.8. The lowest BCUT2D eigenvalue weighted by molar-refractivity contribution is 0.0782. The quantitative estimate of drug-likeness (QED) is 0.821. The van der Waals surface area contributed by atoms with E-state index in [2.05, 4.69) is 10.3 Å². The van der Waals surface area contributed by atoms with Crippen LogP contribution in [-0.4, -0.2) is 42.5 Å². The van der Waals surface area contributed by atoms with Gasteiger partial charge in [0.2, 0.25) is 0 Å². The van der Waals surface area contributed by atoms with Crippen LogP contribution in [0.15, 0.2) is 17.5 Å². The van der Waals surface area contributed by atoms with E-state index < -0.39 is 0 Å². The summed E-state index contributed by atoms with van der Waals surface area (Å²) in [7, 11) is 1.95. The Morgan fingerprint density at radius 1 is 1.48 bits per heavy atom. The van der Waals surface area contributed by atoms with E-state index in [1.165, 1.54) is 22.7 Å². The first-order chi connectivity index (χ1) is 10.2. The zero-order valence-electron chi connectivity index (χ0n) is 12.5. The number of thiazole rings is 1. The fraction of sp³-hybridized carbons (Fsp3) is 0.429. The highest BCUT2D eigenvalue weighted by Gasteiger charge is 2.27. The van der Waals surface area contributed by atoms with E-state index in [9.17, 15) is 4.79 Å². The van der Waals surface area contributed by atoms with Gasteiger partial charge in [0.05, 0.1) is 9.21 Å². The molecule has 0 bridgehead atoms. The lowest BCUT2D eigenvalue weighted by Gasteiger charge is -2.14. The third-order valence-corrected chi connectivity index (χ3v) is 5.82. The smallest absolute Gasteiger partial charge is 0.273 e. The van der Waals surface area contributed by atoms with Crippen molar-refractivity contribution >= 4 is 65.0 Å². The average molecular weight is 415 g/mol. The second-order valence-electron chi connectivity index (χ2n) is 5.11. The number of aromatic nitrogens is 1. The van der Waals surface area contributed by atoms with Crippen molar-refractivity contribution in [1.29, 1.82) is 0 Å². The van der Waals surface area contributed by atoms with Gasteiger partial charge in [0, 0.05) is 18.5 Å². The standard InChI is InChI=1S/C14H16ClN3OS2.2ClH/c1-16-6-9-4-5-18(7-9)14(19)10-8-20-13(17-10)11-2-3-12(15)21-11;;/h2-3,8-9,16H,4-7H2,1H3;2*1H. The molecule has 0 aliphatic carbocycles. The van der Waals surface area contributed by atoms with Gasteiger partial charge < -0.3 is 10.2 Å². The molecule has 128 valence electrons. The Balaban J connectivity index is 0.00000132. The zero-order valence-corrected chi connectivity index (χ0v) is 16.5. The van der Waals surface area contributed by atoms with E-state index in [-0.39, 0.29) is 30.7 Å². The van der Waals surface area contributed by atoms with Gasteiger partial charge in [0.15, 0.2) is 0 Å². The van der Waals surface area contributed by atoms with Crippen LogP contribution in [0, 0.1) is 5.92 Å². The van der Waals surface area contributed by atoms with Crippen molar-refractivity contribution in [3.63, 3.8) is 0 Å². The molecule has 3 heterocycles. The fourth-order valence-electron chi connectivity index (χ4n) is 2.55. The van der Waals surface area contributed by atoms with Gasteiger partial charge in [-0.05, 0) is 38.1 Å². The van der Waals surface area contributed by atoms with E-state index >= 15 is 0 Å². The third-order valence-electron chi connectivity index (χ3n) is 3.57. The fourth-order valence-corrected chi connectivity index (χ4v) is 4.46. The molecule has 1 amide bonds. The third kappa shape index (κ3) is 4.81. The minimum Gasteiger partial charge on any atom is -0.337 e. The minimum atomic E-state index is 0. The number of nitrogens with zero attached hydrogens (tertiary/aromatic N) is 2. The van der Waals surface area contributed by atoms with Crippen molar-refractivity contribution < 1.29 is 4.79 Å². The Bertz CT molecular complexity index is 647. The normalized spacial score (nSPS) is 16.8. The molecule has 1 N–H and O–H groups in total. The van der Waals surface area contributed by atoms with E-state index in [0.29, 0.717) is 11.6 Å². The topological polar surface area (TPSA) is 45.2 Å². The summed E-state index contributed by atoms with van der Waals surface area (Å²) in [6.45, 7) is 2.60. The van der Waals surface area contributed by atoms with E-state index in [1.54, 1.807) is 0 Å². The molecular formula is C14H18Cl3N3OS2. The number of nitrogens with one attached hydrogen (secondary N) is 1. The maximum absolute atomic E-state index is 12.5. The van der Waals surface area contributed by atoms with Crippen LogP contribution in [-0.2, 0) is 0 Å². The number of likely N-dealkylation sites (tertiary alicyclic amines) is 1. The van der Waals surface area contributed by atoms with Crippen molar-refractivity contribution in [3.05, 3.63) is 27.5 Å². The molecule has 4 nitrogen and oxygen atoms in total. The molecule has 0 radical (unpaired) electrons. The molecule has 1 aliphatic heterocycles. The first-order valence-electron chi connectivity index (χ1n) is 6.82. The molecule has 2 aromatic heterocycles. The molecule has 0 aromatic carbocycles. The highest BCUT2D eigenvalue weighted by molar-refractivity contribution is 7.23. The summed E-state index contributed by atoms with van der Waals surface area (Å²) in [5.41, 5.74) is 0.546. The number of carbonyl (C=O) groups excluding carboxylic acids is 1. The van der Waals surface area contributed by atoms with Gasteiger partial charge >= 0.3 is 0 Å². The molecule has 1 atom stereocenters. The van der Waals surface area contributed by atoms with Crippen molar-refractivity contribution in [2.75, 3.05) is 26.7 Å². The molecule has 23 heavy (non-hydrogen) atoms. The number of hydrogen-bond acceptors (Lipinski definition) is 5. The molecule has 1 unspecified atom stereocenters. The maximum Gasteiger partial charge on any atom is 0.273 e. The second kappa shape index (κ2) is 9.20. The second-order valence-corrected chi connectivity index (χ2v) is 7.68. The molecule has 1 aliphatic rings.